The van der Waals surface area contributed by atoms with Crippen molar-refractivity contribution in [2.75, 3.05) is 18.6 Å². The standard InChI is InChI=1S/C25H22BrNO4/c1-31-23-10-6-5-9-19(23)22(28)16-25(30)20-15-18(26)11-12-21(20)27(24(25)29)14-13-17-7-3-2-4-8-17/h2-12,15,30H,13-14,16H2,1H3/t25-/m0/s1. The fourth-order valence-electron chi connectivity index (χ4n) is 4.00. The van der Waals surface area contributed by atoms with Gasteiger partial charge in [-0.3, -0.25) is 9.59 Å². The normalized spacial score (nSPS) is 17.5. The molecule has 3 aromatic rings. The molecule has 0 fully saturated rings. The van der Waals surface area contributed by atoms with Gasteiger partial charge in [0.25, 0.3) is 5.91 Å². The number of benzene rings is 3. The van der Waals surface area contributed by atoms with Crippen molar-refractivity contribution < 1.29 is 19.4 Å². The highest BCUT2D eigenvalue weighted by molar-refractivity contribution is 9.10. The van der Waals surface area contributed by atoms with Crippen LogP contribution in [0.1, 0.15) is 27.9 Å². The average Bonchev–Trinajstić information content (AvgIpc) is 2.99. The minimum Gasteiger partial charge on any atom is -0.496 e. The number of nitrogens with zero attached hydrogens (tertiary/aromatic N) is 1. The summed E-state index contributed by atoms with van der Waals surface area (Å²) in [5.41, 5.74) is 0.552. The van der Waals surface area contributed by atoms with Crippen molar-refractivity contribution in [2.24, 2.45) is 0 Å². The molecular weight excluding hydrogens is 458 g/mol. The third kappa shape index (κ3) is 4.01. The van der Waals surface area contributed by atoms with Crippen LogP contribution in [0, 0.1) is 0 Å². The van der Waals surface area contributed by atoms with Crippen LogP contribution in [0.25, 0.3) is 0 Å². The van der Waals surface area contributed by atoms with Crippen LogP contribution in [-0.2, 0) is 16.8 Å². The van der Waals surface area contributed by atoms with E-state index in [0.29, 0.717) is 35.5 Å². The lowest BCUT2D eigenvalue weighted by atomic mass is 9.88. The Bertz CT molecular complexity index is 1130. The van der Waals surface area contributed by atoms with Crippen molar-refractivity contribution in [2.45, 2.75) is 18.4 Å². The fourth-order valence-corrected chi connectivity index (χ4v) is 4.36. The van der Waals surface area contributed by atoms with Gasteiger partial charge in [0, 0.05) is 16.6 Å². The number of ether oxygens (including phenoxy) is 1. The molecule has 0 bridgehead atoms. The molecule has 1 N–H and O–H groups in total. The number of Topliss-reactive ketones (excluding diaryl/α,β-unsaturated/α-hetero) is 1. The van der Waals surface area contributed by atoms with Crippen LogP contribution in [-0.4, -0.2) is 30.5 Å². The van der Waals surface area contributed by atoms with E-state index >= 15 is 0 Å². The summed E-state index contributed by atoms with van der Waals surface area (Å²) in [5.74, 6) is -0.430. The molecule has 0 radical (unpaired) electrons. The number of fused-ring (bicyclic) bond motifs is 1. The van der Waals surface area contributed by atoms with E-state index in [4.69, 9.17) is 4.74 Å². The van der Waals surface area contributed by atoms with Crippen molar-refractivity contribution in [1.29, 1.82) is 0 Å². The van der Waals surface area contributed by atoms with Gasteiger partial charge in [-0.25, -0.2) is 0 Å². The zero-order valence-corrected chi connectivity index (χ0v) is 18.6. The van der Waals surface area contributed by atoms with Crippen LogP contribution in [0.15, 0.2) is 77.3 Å². The van der Waals surface area contributed by atoms with Crippen LogP contribution in [0.4, 0.5) is 5.69 Å². The molecule has 3 aromatic carbocycles. The van der Waals surface area contributed by atoms with Crippen molar-refractivity contribution in [1.82, 2.24) is 0 Å². The van der Waals surface area contributed by atoms with Crippen LogP contribution in [0.5, 0.6) is 5.75 Å². The largest absolute Gasteiger partial charge is 0.496 e. The van der Waals surface area contributed by atoms with Gasteiger partial charge in [-0.1, -0.05) is 58.4 Å². The summed E-state index contributed by atoms with van der Waals surface area (Å²) in [7, 11) is 1.49. The molecule has 0 saturated carbocycles. The van der Waals surface area contributed by atoms with E-state index < -0.39 is 11.5 Å². The lowest BCUT2D eigenvalue weighted by Gasteiger charge is -2.23. The topological polar surface area (TPSA) is 66.8 Å². The summed E-state index contributed by atoms with van der Waals surface area (Å²) in [5, 5.41) is 11.5. The fraction of sp³-hybridized carbons (Fsp3) is 0.200. The second-order valence-electron chi connectivity index (χ2n) is 7.51. The minimum absolute atomic E-state index is 0.338. The summed E-state index contributed by atoms with van der Waals surface area (Å²) in [6.45, 7) is 0.405. The Kier molecular flexibility index (Phi) is 5.94. The summed E-state index contributed by atoms with van der Waals surface area (Å²) >= 11 is 3.42. The number of carbonyl (C=O) groups is 2. The Hall–Kier alpha value is -2.96. The molecule has 31 heavy (non-hydrogen) atoms. The van der Waals surface area contributed by atoms with Gasteiger partial charge in [0.1, 0.15) is 5.75 Å². The highest BCUT2D eigenvalue weighted by Gasteiger charge is 2.51. The second kappa shape index (κ2) is 8.65. The van der Waals surface area contributed by atoms with Gasteiger partial charge in [-0.05, 0) is 42.3 Å². The van der Waals surface area contributed by atoms with Gasteiger partial charge < -0.3 is 14.7 Å². The number of aliphatic hydroxyl groups is 1. The van der Waals surface area contributed by atoms with Gasteiger partial charge in [0.15, 0.2) is 11.4 Å². The van der Waals surface area contributed by atoms with Gasteiger partial charge >= 0.3 is 0 Å². The van der Waals surface area contributed by atoms with Gasteiger partial charge in [0.05, 0.1) is 24.8 Å². The number of halogens is 1. The number of carbonyl (C=O) groups excluding carboxylic acids is 2. The van der Waals surface area contributed by atoms with Crippen LogP contribution in [0.2, 0.25) is 0 Å². The molecule has 0 aliphatic carbocycles. The lowest BCUT2D eigenvalue weighted by molar-refractivity contribution is -0.135. The number of methoxy groups -OCH3 is 1. The maximum Gasteiger partial charge on any atom is 0.264 e. The molecule has 0 spiro atoms. The van der Waals surface area contributed by atoms with E-state index in [1.165, 1.54) is 7.11 Å². The van der Waals surface area contributed by atoms with Crippen molar-refractivity contribution in [3.05, 3.63) is 94.0 Å². The molecule has 1 amide bonds. The van der Waals surface area contributed by atoms with Crippen LogP contribution >= 0.6 is 15.9 Å². The van der Waals surface area contributed by atoms with Gasteiger partial charge in [0.2, 0.25) is 0 Å². The highest BCUT2D eigenvalue weighted by atomic mass is 79.9. The molecule has 0 saturated heterocycles. The smallest absolute Gasteiger partial charge is 0.264 e. The first-order chi connectivity index (χ1) is 14.9. The molecule has 4 rings (SSSR count). The van der Waals surface area contributed by atoms with E-state index in [9.17, 15) is 14.7 Å². The molecule has 6 heteroatoms. The third-order valence-corrected chi connectivity index (χ3v) is 6.08. The quantitative estimate of drug-likeness (QED) is 0.506. The molecule has 158 valence electrons. The summed E-state index contributed by atoms with van der Waals surface area (Å²) < 4.78 is 6.01. The van der Waals surface area contributed by atoms with E-state index in [0.717, 1.165) is 10.0 Å². The van der Waals surface area contributed by atoms with E-state index in [1.54, 1.807) is 41.3 Å². The first-order valence-corrected chi connectivity index (χ1v) is 10.8. The number of rotatable bonds is 7. The second-order valence-corrected chi connectivity index (χ2v) is 8.43. The number of hydrogen-bond donors (Lipinski definition) is 1. The highest BCUT2D eigenvalue weighted by Crippen LogP contribution is 2.44. The van der Waals surface area contributed by atoms with Crippen molar-refractivity contribution in [3.8, 4) is 5.75 Å². The van der Waals surface area contributed by atoms with Gasteiger partial charge in [-0.15, -0.1) is 0 Å². The Balaban J connectivity index is 1.66. The molecule has 1 heterocycles. The summed E-state index contributed by atoms with van der Waals surface area (Å²) in [6, 6.07) is 22.0. The predicted octanol–water partition coefficient (Wildman–Crippen LogP) is 4.51. The maximum atomic E-state index is 13.4. The number of ketones is 1. The Morgan fingerprint density at radius 3 is 2.52 bits per heavy atom. The first kappa shape index (κ1) is 21.3. The SMILES string of the molecule is COc1ccccc1C(=O)C[C@@]1(O)C(=O)N(CCc2ccccc2)c2ccc(Br)cc21. The molecular formula is C25H22BrNO4. The van der Waals surface area contributed by atoms with E-state index in [1.807, 2.05) is 36.4 Å². The Morgan fingerprint density at radius 1 is 1.06 bits per heavy atom. The predicted molar refractivity (Wildman–Crippen MR) is 122 cm³/mol. The first-order valence-electron chi connectivity index (χ1n) is 9.98. The molecule has 1 aliphatic heterocycles. The average molecular weight is 480 g/mol. The van der Waals surface area contributed by atoms with Crippen LogP contribution < -0.4 is 9.64 Å². The number of hydrogen-bond acceptors (Lipinski definition) is 4. The number of amides is 1. The molecule has 0 aromatic heterocycles. The Labute approximate surface area is 189 Å². The zero-order valence-electron chi connectivity index (χ0n) is 17.0. The van der Waals surface area contributed by atoms with Crippen LogP contribution in [0.3, 0.4) is 0 Å². The van der Waals surface area contributed by atoms with Crippen molar-refractivity contribution in [3.63, 3.8) is 0 Å². The zero-order chi connectivity index (χ0) is 22.0. The number of anilines is 1. The molecule has 1 aliphatic rings. The maximum absolute atomic E-state index is 13.4. The monoisotopic (exact) mass is 479 g/mol. The third-order valence-electron chi connectivity index (χ3n) is 5.58. The Morgan fingerprint density at radius 2 is 1.77 bits per heavy atom. The summed E-state index contributed by atoms with van der Waals surface area (Å²) in [6.07, 6.45) is 0.274. The lowest BCUT2D eigenvalue weighted by Crippen LogP contribution is -2.42. The van der Waals surface area contributed by atoms with Crippen molar-refractivity contribution >= 4 is 33.3 Å². The van der Waals surface area contributed by atoms with E-state index in [2.05, 4.69) is 15.9 Å². The molecule has 0 unspecified atom stereocenters. The summed E-state index contributed by atoms with van der Waals surface area (Å²) in [4.78, 5) is 28.1. The van der Waals surface area contributed by atoms with E-state index in [-0.39, 0.29) is 12.2 Å². The molecule has 1 atom stereocenters. The molecule has 5 nitrogen and oxygen atoms in total. The minimum atomic E-state index is -1.94. The van der Waals surface area contributed by atoms with Gasteiger partial charge in [-0.2, -0.15) is 0 Å². The number of para-hydroxylation sites is 1.